The molecule has 7 rings (SSSR count). The van der Waals surface area contributed by atoms with E-state index in [-0.39, 0.29) is 24.3 Å². The van der Waals surface area contributed by atoms with Gasteiger partial charge in [0.25, 0.3) is 0 Å². The molecular formula is C35H44N8O4. The lowest BCUT2D eigenvalue weighted by atomic mass is 9.93. The zero-order valence-corrected chi connectivity index (χ0v) is 27.4. The number of carbonyl (C=O) groups excluding carboxylic acids is 1. The molecule has 2 N–H and O–H groups in total. The third kappa shape index (κ3) is 7.19. The van der Waals surface area contributed by atoms with Gasteiger partial charge in [0.1, 0.15) is 18.2 Å². The van der Waals surface area contributed by atoms with Crippen molar-refractivity contribution in [2.45, 2.75) is 62.9 Å². The first-order valence-electron chi connectivity index (χ1n) is 16.7. The number of urea groups is 1. The molecule has 2 saturated heterocycles. The van der Waals surface area contributed by atoms with Crippen molar-refractivity contribution < 1.29 is 19.0 Å². The maximum absolute atomic E-state index is 12.8. The summed E-state index contributed by atoms with van der Waals surface area (Å²) in [5.41, 5.74) is 3.08. The number of methoxy groups -OCH3 is 1. The number of rotatable bonds is 10. The van der Waals surface area contributed by atoms with Crippen molar-refractivity contribution in [3.8, 4) is 17.1 Å². The van der Waals surface area contributed by atoms with Gasteiger partial charge in [0.15, 0.2) is 11.5 Å². The van der Waals surface area contributed by atoms with Gasteiger partial charge in [-0.15, -0.1) is 0 Å². The number of amides is 2. The molecule has 2 aliphatic heterocycles. The molecular weight excluding hydrogens is 596 g/mol. The fraction of sp³-hybridized carbons (Fsp3) is 0.486. The van der Waals surface area contributed by atoms with E-state index in [4.69, 9.17) is 29.3 Å². The summed E-state index contributed by atoms with van der Waals surface area (Å²) in [6.07, 6.45) is 8.92. The Balaban J connectivity index is 1.08. The van der Waals surface area contributed by atoms with Crippen molar-refractivity contribution in [3.63, 3.8) is 0 Å². The summed E-state index contributed by atoms with van der Waals surface area (Å²) in [4.78, 5) is 27.4. The first kappa shape index (κ1) is 31.3. The zero-order chi connectivity index (χ0) is 32.3. The fourth-order valence-electron chi connectivity index (χ4n) is 6.84. The molecule has 3 aliphatic rings. The molecule has 12 heteroatoms. The molecule has 12 nitrogen and oxygen atoms in total. The summed E-state index contributed by atoms with van der Waals surface area (Å²) in [6.45, 7) is 3.06. The number of hydrogen-bond acceptors (Lipinski definition) is 9. The molecule has 0 spiro atoms. The number of fused-ring (bicyclic) bond motifs is 3. The Morgan fingerprint density at radius 2 is 1.57 bits per heavy atom. The van der Waals surface area contributed by atoms with Gasteiger partial charge in [-0.2, -0.15) is 5.10 Å². The van der Waals surface area contributed by atoms with Crippen molar-refractivity contribution in [2.75, 3.05) is 63.0 Å². The van der Waals surface area contributed by atoms with E-state index in [2.05, 4.69) is 25.1 Å². The molecule has 4 aromatic rings. The molecule has 0 radical (unpaired) electrons. The number of likely N-dealkylation sites (N-methyl/N-ethyl adjacent to an activating group) is 1. The fourth-order valence-corrected chi connectivity index (χ4v) is 6.84. The van der Waals surface area contributed by atoms with Crippen LogP contribution in [0.1, 0.15) is 44.6 Å². The van der Waals surface area contributed by atoms with Crippen LogP contribution in [0.5, 0.6) is 5.75 Å². The highest BCUT2D eigenvalue weighted by molar-refractivity contribution is 6.00. The number of aromatic nitrogens is 4. The van der Waals surface area contributed by atoms with Crippen LogP contribution in [0.25, 0.3) is 22.4 Å². The average molecular weight is 641 g/mol. The quantitative estimate of drug-likeness (QED) is 0.229. The van der Waals surface area contributed by atoms with Gasteiger partial charge in [0.05, 0.1) is 35.9 Å². The first-order chi connectivity index (χ1) is 22.9. The number of anilines is 3. The molecule has 2 bridgehead atoms. The van der Waals surface area contributed by atoms with E-state index in [1.165, 1.54) is 0 Å². The molecule has 2 amide bonds. The highest BCUT2D eigenvalue weighted by Crippen LogP contribution is 2.37. The second kappa shape index (κ2) is 13.8. The predicted octanol–water partition coefficient (Wildman–Crippen LogP) is 5.58. The van der Waals surface area contributed by atoms with Gasteiger partial charge in [-0.1, -0.05) is 0 Å². The van der Waals surface area contributed by atoms with Gasteiger partial charge in [0.2, 0.25) is 0 Å². The normalized spacial score (nSPS) is 22.5. The summed E-state index contributed by atoms with van der Waals surface area (Å²) in [5, 5.41) is 11.7. The monoisotopic (exact) mass is 640 g/mol. The average Bonchev–Trinajstić information content (AvgIpc) is 3.67. The summed E-state index contributed by atoms with van der Waals surface area (Å²) < 4.78 is 19.6. The molecule has 2 atom stereocenters. The number of morpholine rings is 1. The SMILES string of the molecule is COC1CCC(n2ncc3c(N4CC5CCC(C4)O5)nc(-c4ccc(NC(=O)Nc5ccc(OCCN(C)C)cc5)cc4)nc32)CC1. The molecule has 3 fully saturated rings. The van der Waals surface area contributed by atoms with Crippen molar-refractivity contribution in [3.05, 3.63) is 54.7 Å². The van der Waals surface area contributed by atoms with Crippen LogP contribution >= 0.6 is 0 Å². The van der Waals surface area contributed by atoms with Crippen LogP contribution in [-0.4, -0.2) is 96.4 Å². The van der Waals surface area contributed by atoms with Crippen LogP contribution in [0, 0.1) is 0 Å². The predicted molar refractivity (Wildman–Crippen MR) is 182 cm³/mol. The maximum atomic E-state index is 12.8. The number of carbonyl (C=O) groups is 1. The Kier molecular flexibility index (Phi) is 9.23. The topological polar surface area (TPSA) is 119 Å². The third-order valence-electron chi connectivity index (χ3n) is 9.42. The van der Waals surface area contributed by atoms with E-state index in [1.54, 1.807) is 7.11 Å². The summed E-state index contributed by atoms with van der Waals surface area (Å²) in [7, 11) is 5.81. The molecule has 2 unspecified atom stereocenters. The smallest absolute Gasteiger partial charge is 0.323 e. The van der Waals surface area contributed by atoms with E-state index in [9.17, 15) is 4.79 Å². The lowest BCUT2D eigenvalue weighted by molar-refractivity contribution is 0.0303. The number of hydrogen-bond donors (Lipinski definition) is 2. The number of nitrogens with one attached hydrogen (secondary N) is 2. The van der Waals surface area contributed by atoms with Gasteiger partial charge in [-0.25, -0.2) is 19.4 Å². The Morgan fingerprint density at radius 3 is 2.21 bits per heavy atom. The van der Waals surface area contributed by atoms with Crippen molar-refractivity contribution in [1.82, 2.24) is 24.6 Å². The van der Waals surface area contributed by atoms with Crippen LogP contribution in [-0.2, 0) is 9.47 Å². The van der Waals surface area contributed by atoms with Crippen LogP contribution in [0.4, 0.5) is 22.0 Å². The summed E-state index contributed by atoms with van der Waals surface area (Å²) in [5.74, 6) is 2.32. The summed E-state index contributed by atoms with van der Waals surface area (Å²) in [6, 6.07) is 15.0. The van der Waals surface area contributed by atoms with E-state index < -0.39 is 0 Å². The van der Waals surface area contributed by atoms with E-state index >= 15 is 0 Å². The Morgan fingerprint density at radius 1 is 0.915 bits per heavy atom. The third-order valence-corrected chi connectivity index (χ3v) is 9.42. The minimum Gasteiger partial charge on any atom is -0.492 e. The van der Waals surface area contributed by atoms with Crippen LogP contribution < -0.4 is 20.3 Å². The lowest BCUT2D eigenvalue weighted by Crippen LogP contribution is -2.43. The van der Waals surface area contributed by atoms with E-state index in [0.29, 0.717) is 29.9 Å². The largest absolute Gasteiger partial charge is 0.492 e. The molecule has 47 heavy (non-hydrogen) atoms. The van der Waals surface area contributed by atoms with Crippen molar-refractivity contribution in [2.24, 2.45) is 0 Å². The second-order valence-corrected chi connectivity index (χ2v) is 13.1. The minimum atomic E-state index is -0.326. The van der Waals surface area contributed by atoms with Gasteiger partial charge in [0, 0.05) is 43.7 Å². The Labute approximate surface area is 275 Å². The standard InChI is InChI=1S/C35H44N8O4/c1-41(2)18-19-46-28-12-8-25(9-13-28)38-35(44)37-24-6-4-23(5-7-24)32-39-33(42-21-29-16-17-30(22-42)47-29)31-20-36-43(34(31)40-32)26-10-14-27(45-3)15-11-26/h4-9,12-13,20,26-27,29-30H,10-11,14-19,21-22H2,1-3H3,(H2,37,38,44). The Hall–Kier alpha value is -4.26. The highest BCUT2D eigenvalue weighted by Gasteiger charge is 2.36. The number of benzene rings is 2. The maximum Gasteiger partial charge on any atom is 0.323 e. The minimum absolute atomic E-state index is 0.234. The highest BCUT2D eigenvalue weighted by atomic mass is 16.5. The van der Waals surface area contributed by atoms with Crippen molar-refractivity contribution >= 4 is 34.3 Å². The van der Waals surface area contributed by atoms with Crippen LogP contribution in [0.3, 0.4) is 0 Å². The van der Waals surface area contributed by atoms with E-state index in [0.717, 1.165) is 86.3 Å². The van der Waals surface area contributed by atoms with Crippen LogP contribution in [0.2, 0.25) is 0 Å². The number of ether oxygens (including phenoxy) is 3. The molecule has 2 aromatic heterocycles. The second-order valence-electron chi connectivity index (χ2n) is 13.1. The molecule has 4 heterocycles. The van der Waals surface area contributed by atoms with Crippen molar-refractivity contribution in [1.29, 1.82) is 0 Å². The zero-order valence-electron chi connectivity index (χ0n) is 27.4. The molecule has 1 aliphatic carbocycles. The first-order valence-corrected chi connectivity index (χ1v) is 16.7. The van der Waals surface area contributed by atoms with Crippen LogP contribution in [0.15, 0.2) is 54.7 Å². The van der Waals surface area contributed by atoms with Gasteiger partial charge in [-0.05, 0) is 101 Å². The van der Waals surface area contributed by atoms with Gasteiger partial charge >= 0.3 is 6.03 Å². The van der Waals surface area contributed by atoms with E-state index in [1.807, 2.05) is 68.8 Å². The molecule has 248 valence electrons. The van der Waals surface area contributed by atoms with Gasteiger partial charge < -0.3 is 34.6 Å². The Bertz CT molecular complexity index is 1660. The number of nitrogens with zero attached hydrogens (tertiary/aromatic N) is 6. The molecule has 1 saturated carbocycles. The summed E-state index contributed by atoms with van der Waals surface area (Å²) >= 11 is 0. The van der Waals surface area contributed by atoms with Gasteiger partial charge in [-0.3, -0.25) is 0 Å². The molecule has 2 aromatic carbocycles. The lowest BCUT2D eigenvalue weighted by Gasteiger charge is -2.33.